The van der Waals surface area contributed by atoms with Gasteiger partial charge in [-0.3, -0.25) is 4.57 Å². The minimum absolute atomic E-state index is 0.0919. The Balaban J connectivity index is 2.10. The first kappa shape index (κ1) is 18.6. The van der Waals surface area contributed by atoms with Crippen LogP contribution in [0.25, 0.3) is 5.69 Å². The zero-order valence-electron chi connectivity index (χ0n) is 15.0. The molecule has 1 aromatic heterocycles. The number of benzene rings is 2. The van der Waals surface area contributed by atoms with Crippen molar-refractivity contribution >= 4 is 17.3 Å². The third-order valence-electron chi connectivity index (χ3n) is 4.90. The standard InChI is InChI=1S/C20H15ClF3N3O/c1-11-12(2)27-17-8-7-13(20(22,23)24)9-15(17)19(26(28)10-18(27)25-11)14-5-3-4-6-16(14)21/h3-9H,10H2,1-2H3. The van der Waals surface area contributed by atoms with Crippen LogP contribution in [0.15, 0.2) is 42.5 Å². The molecule has 0 atom stereocenters. The molecular weight excluding hydrogens is 391 g/mol. The van der Waals surface area contributed by atoms with E-state index in [1.165, 1.54) is 6.07 Å². The molecule has 1 aliphatic rings. The smallest absolute Gasteiger partial charge is 0.416 e. The van der Waals surface area contributed by atoms with Gasteiger partial charge in [0.15, 0.2) is 5.82 Å². The molecule has 0 bridgehead atoms. The van der Waals surface area contributed by atoms with Crippen molar-refractivity contribution in [3.8, 4) is 5.69 Å². The summed E-state index contributed by atoms with van der Waals surface area (Å²) in [6, 6.07) is 10.0. The molecule has 0 saturated heterocycles. The molecule has 28 heavy (non-hydrogen) atoms. The summed E-state index contributed by atoms with van der Waals surface area (Å²) in [4.78, 5) is 4.43. The fraction of sp³-hybridized carbons (Fsp3) is 0.200. The van der Waals surface area contributed by atoms with Crippen molar-refractivity contribution in [2.45, 2.75) is 26.6 Å². The maximum absolute atomic E-state index is 13.4. The molecule has 3 aromatic rings. The Morgan fingerprint density at radius 2 is 1.82 bits per heavy atom. The van der Waals surface area contributed by atoms with Gasteiger partial charge in [0, 0.05) is 5.69 Å². The highest BCUT2D eigenvalue weighted by atomic mass is 35.5. The van der Waals surface area contributed by atoms with Gasteiger partial charge in [0.05, 0.1) is 33.1 Å². The number of halogens is 4. The third kappa shape index (κ3) is 2.86. The Bertz CT molecular complexity index is 1130. The summed E-state index contributed by atoms with van der Waals surface area (Å²) in [6.07, 6.45) is -4.54. The monoisotopic (exact) mass is 405 g/mol. The largest absolute Gasteiger partial charge is 0.623 e. The van der Waals surface area contributed by atoms with Crippen LogP contribution in [0, 0.1) is 19.1 Å². The molecule has 0 aliphatic carbocycles. The van der Waals surface area contributed by atoms with Crippen LogP contribution in [0.1, 0.15) is 33.9 Å². The highest BCUT2D eigenvalue weighted by Crippen LogP contribution is 2.35. The molecule has 0 spiro atoms. The van der Waals surface area contributed by atoms with Gasteiger partial charge in [0.25, 0.3) is 0 Å². The van der Waals surface area contributed by atoms with E-state index in [1.54, 1.807) is 35.8 Å². The number of hydroxylamine groups is 1. The number of imidazole rings is 1. The van der Waals surface area contributed by atoms with Crippen molar-refractivity contribution in [3.05, 3.63) is 86.6 Å². The van der Waals surface area contributed by atoms with Gasteiger partial charge in [-0.05, 0) is 44.2 Å². The third-order valence-corrected chi connectivity index (χ3v) is 5.23. The second-order valence-electron chi connectivity index (χ2n) is 6.63. The van der Waals surface area contributed by atoms with Crippen LogP contribution in [0.5, 0.6) is 0 Å². The van der Waals surface area contributed by atoms with Crippen molar-refractivity contribution in [2.24, 2.45) is 0 Å². The van der Waals surface area contributed by atoms with Crippen LogP contribution in [-0.4, -0.2) is 20.0 Å². The lowest BCUT2D eigenvalue weighted by Gasteiger charge is -2.15. The van der Waals surface area contributed by atoms with E-state index in [1.807, 2.05) is 6.92 Å². The Labute approximate surface area is 164 Å². The average molecular weight is 406 g/mol. The number of aryl methyl sites for hydroxylation is 1. The number of nitrogens with zero attached hydrogens (tertiary/aromatic N) is 3. The maximum atomic E-state index is 13.4. The molecule has 2 heterocycles. The summed E-state index contributed by atoms with van der Waals surface area (Å²) < 4.78 is 42.6. The van der Waals surface area contributed by atoms with Gasteiger partial charge in [-0.1, -0.05) is 23.7 Å². The minimum atomic E-state index is -4.54. The number of hydrogen-bond acceptors (Lipinski definition) is 2. The number of fused-ring (bicyclic) bond motifs is 3. The maximum Gasteiger partial charge on any atom is 0.416 e. The van der Waals surface area contributed by atoms with E-state index in [4.69, 9.17) is 11.6 Å². The number of rotatable bonds is 1. The predicted molar refractivity (Wildman–Crippen MR) is 100 cm³/mol. The molecule has 0 radical (unpaired) electrons. The van der Waals surface area contributed by atoms with Crippen LogP contribution in [-0.2, 0) is 12.7 Å². The molecule has 8 heteroatoms. The topological polar surface area (TPSA) is 43.9 Å². The first-order valence-electron chi connectivity index (χ1n) is 8.52. The second-order valence-corrected chi connectivity index (χ2v) is 7.04. The van der Waals surface area contributed by atoms with Crippen LogP contribution >= 0.6 is 11.6 Å². The zero-order valence-corrected chi connectivity index (χ0v) is 15.8. The number of aromatic nitrogens is 2. The Kier molecular flexibility index (Phi) is 4.23. The van der Waals surface area contributed by atoms with Crippen LogP contribution in [0.3, 0.4) is 0 Å². The van der Waals surface area contributed by atoms with Crippen LogP contribution in [0.2, 0.25) is 5.02 Å². The molecule has 144 valence electrons. The zero-order chi connectivity index (χ0) is 20.2. The van der Waals surface area contributed by atoms with E-state index in [2.05, 4.69) is 4.98 Å². The van der Waals surface area contributed by atoms with Crippen LogP contribution < -0.4 is 0 Å². The summed E-state index contributed by atoms with van der Waals surface area (Å²) in [7, 11) is 0. The van der Waals surface area contributed by atoms with Gasteiger partial charge < -0.3 is 5.21 Å². The number of alkyl halides is 3. The molecule has 0 fully saturated rings. The normalized spacial score (nSPS) is 13.9. The highest BCUT2D eigenvalue weighted by Gasteiger charge is 2.35. The van der Waals surface area contributed by atoms with Gasteiger partial charge in [-0.2, -0.15) is 17.9 Å². The van der Waals surface area contributed by atoms with E-state index in [0.29, 0.717) is 21.8 Å². The predicted octanol–water partition coefficient (Wildman–Crippen LogP) is 5.02. The Morgan fingerprint density at radius 3 is 2.50 bits per heavy atom. The lowest BCUT2D eigenvalue weighted by atomic mass is 9.98. The van der Waals surface area contributed by atoms with Gasteiger partial charge in [0.1, 0.15) is 0 Å². The highest BCUT2D eigenvalue weighted by molar-refractivity contribution is 6.35. The molecular formula is C20H15ClF3N3O. The van der Waals surface area contributed by atoms with Crippen molar-refractivity contribution in [2.75, 3.05) is 0 Å². The lowest BCUT2D eigenvalue weighted by molar-refractivity contribution is -0.475. The molecule has 4 rings (SSSR count). The van der Waals surface area contributed by atoms with E-state index in [-0.39, 0.29) is 22.8 Å². The molecule has 0 N–H and O–H groups in total. The van der Waals surface area contributed by atoms with Crippen molar-refractivity contribution < 1.29 is 17.9 Å². The van der Waals surface area contributed by atoms with Gasteiger partial charge in [-0.25, -0.2) is 4.98 Å². The fourth-order valence-electron chi connectivity index (χ4n) is 3.48. The molecule has 0 saturated carbocycles. The van der Waals surface area contributed by atoms with E-state index < -0.39 is 11.7 Å². The van der Waals surface area contributed by atoms with Gasteiger partial charge in [-0.15, -0.1) is 0 Å². The summed E-state index contributed by atoms with van der Waals surface area (Å²) in [5.41, 5.74) is 1.75. The first-order chi connectivity index (χ1) is 13.2. The van der Waals surface area contributed by atoms with E-state index >= 15 is 0 Å². The summed E-state index contributed by atoms with van der Waals surface area (Å²) in [5.74, 6) is 0.466. The van der Waals surface area contributed by atoms with Crippen LogP contribution in [0.4, 0.5) is 13.2 Å². The number of hydrogen-bond donors (Lipinski definition) is 0. The van der Waals surface area contributed by atoms with Crippen molar-refractivity contribution in [1.29, 1.82) is 0 Å². The molecule has 4 nitrogen and oxygen atoms in total. The Morgan fingerprint density at radius 1 is 1.11 bits per heavy atom. The molecule has 0 unspecified atom stereocenters. The summed E-state index contributed by atoms with van der Waals surface area (Å²) >= 11 is 6.28. The summed E-state index contributed by atoms with van der Waals surface area (Å²) in [5, 5.41) is 13.3. The first-order valence-corrected chi connectivity index (χ1v) is 8.89. The SMILES string of the molecule is Cc1nc2n(c1C)-c1ccc(C(F)(F)F)cc1C(c1ccccc1Cl)=[N+]([O-])C2. The molecule has 2 aromatic carbocycles. The summed E-state index contributed by atoms with van der Waals surface area (Å²) in [6.45, 7) is 3.52. The van der Waals surface area contributed by atoms with Crippen molar-refractivity contribution in [1.82, 2.24) is 9.55 Å². The van der Waals surface area contributed by atoms with Gasteiger partial charge >= 0.3 is 6.18 Å². The molecule has 1 aliphatic heterocycles. The molecule has 0 amide bonds. The fourth-order valence-corrected chi connectivity index (χ4v) is 3.70. The lowest BCUT2D eigenvalue weighted by Crippen LogP contribution is -2.19. The Hall–Kier alpha value is -2.80. The van der Waals surface area contributed by atoms with E-state index in [9.17, 15) is 18.4 Å². The average Bonchev–Trinajstić information content (AvgIpc) is 2.83. The minimum Gasteiger partial charge on any atom is -0.623 e. The van der Waals surface area contributed by atoms with E-state index in [0.717, 1.165) is 23.5 Å². The second kappa shape index (κ2) is 6.38. The van der Waals surface area contributed by atoms with Gasteiger partial charge in [0.2, 0.25) is 12.3 Å². The quantitative estimate of drug-likeness (QED) is 0.421. The van der Waals surface area contributed by atoms with Crippen molar-refractivity contribution in [3.63, 3.8) is 0 Å².